The Hall–Kier alpha value is -0.430. The zero-order valence-corrected chi connectivity index (χ0v) is 15.4. The second kappa shape index (κ2) is 7.22. The molecule has 0 saturated carbocycles. The van der Waals surface area contributed by atoms with Crippen molar-refractivity contribution >= 4 is 15.9 Å². The smallest absolute Gasteiger partial charge is 0.129 e. The number of piperazine rings is 1. The number of imidazole rings is 1. The van der Waals surface area contributed by atoms with Crippen molar-refractivity contribution in [3.05, 3.63) is 16.1 Å². The molecule has 0 aromatic carbocycles. The van der Waals surface area contributed by atoms with E-state index in [0.717, 1.165) is 43.2 Å². The Kier molecular flexibility index (Phi) is 5.82. The molecule has 1 N–H and O–H groups in total. The van der Waals surface area contributed by atoms with Crippen LogP contribution in [-0.2, 0) is 7.05 Å². The second-order valence-electron chi connectivity index (χ2n) is 6.13. The van der Waals surface area contributed by atoms with E-state index in [2.05, 4.69) is 68.4 Å². The predicted molar refractivity (Wildman–Crippen MR) is 90.6 cm³/mol. The van der Waals surface area contributed by atoms with Crippen LogP contribution in [0.4, 0.5) is 0 Å². The lowest BCUT2D eigenvalue weighted by Gasteiger charge is -2.41. The van der Waals surface area contributed by atoms with E-state index in [1.807, 2.05) is 7.05 Å². The first-order valence-corrected chi connectivity index (χ1v) is 8.56. The van der Waals surface area contributed by atoms with Gasteiger partial charge < -0.3 is 9.88 Å². The highest BCUT2D eigenvalue weighted by atomic mass is 79.9. The van der Waals surface area contributed by atoms with E-state index in [1.165, 1.54) is 5.69 Å². The summed E-state index contributed by atoms with van der Waals surface area (Å²) in [7, 11) is 4.13. The van der Waals surface area contributed by atoms with Crippen LogP contribution in [0.1, 0.15) is 31.4 Å². The summed E-state index contributed by atoms with van der Waals surface area (Å²) in [5, 5.41) is 3.34. The molecule has 1 aliphatic heterocycles. The molecule has 0 bridgehead atoms. The second-order valence-corrected chi connectivity index (χ2v) is 6.88. The van der Waals surface area contributed by atoms with Crippen LogP contribution < -0.4 is 5.32 Å². The third-order valence-corrected chi connectivity index (χ3v) is 5.13. The summed E-state index contributed by atoms with van der Waals surface area (Å²) in [6.45, 7) is 12.1. The molecule has 0 aliphatic carbocycles. The van der Waals surface area contributed by atoms with Gasteiger partial charge in [-0.2, -0.15) is 0 Å². The number of likely N-dealkylation sites (N-methyl/N-ethyl adjacent to an activating group) is 1. The van der Waals surface area contributed by atoms with Crippen molar-refractivity contribution in [1.82, 2.24) is 24.7 Å². The van der Waals surface area contributed by atoms with Crippen LogP contribution in [0.2, 0.25) is 0 Å². The summed E-state index contributed by atoms with van der Waals surface area (Å²) >= 11 is 3.64. The Morgan fingerprint density at radius 3 is 2.19 bits per heavy atom. The molecule has 1 saturated heterocycles. The quantitative estimate of drug-likeness (QED) is 0.871. The maximum absolute atomic E-state index is 4.57. The molecule has 1 aromatic rings. The maximum Gasteiger partial charge on any atom is 0.129 e. The van der Waals surface area contributed by atoms with Gasteiger partial charge in [0, 0.05) is 45.8 Å². The standard InChI is InChI=1S/C15H28BrN5/c1-11(2)20-6-8-21(9-7-20)13(10-17-4)14-15(16)18-12(3)19(14)5/h11,13,17H,6-10H2,1-5H3. The van der Waals surface area contributed by atoms with Gasteiger partial charge in [0.1, 0.15) is 10.4 Å². The van der Waals surface area contributed by atoms with Gasteiger partial charge in [0.15, 0.2) is 0 Å². The molecule has 0 radical (unpaired) electrons. The highest BCUT2D eigenvalue weighted by molar-refractivity contribution is 9.10. The molecule has 1 fully saturated rings. The van der Waals surface area contributed by atoms with Gasteiger partial charge in [0.05, 0.1) is 11.7 Å². The highest BCUT2D eigenvalue weighted by Crippen LogP contribution is 2.28. The molecule has 2 heterocycles. The predicted octanol–water partition coefficient (Wildman–Crippen LogP) is 1.78. The van der Waals surface area contributed by atoms with Crippen molar-refractivity contribution in [2.75, 3.05) is 39.8 Å². The van der Waals surface area contributed by atoms with Crippen molar-refractivity contribution in [3.63, 3.8) is 0 Å². The molecule has 1 aromatic heterocycles. The number of hydrogen-bond acceptors (Lipinski definition) is 4. The monoisotopic (exact) mass is 357 g/mol. The lowest BCUT2D eigenvalue weighted by atomic mass is 10.1. The lowest BCUT2D eigenvalue weighted by molar-refractivity contribution is 0.0754. The van der Waals surface area contributed by atoms with Crippen LogP contribution >= 0.6 is 15.9 Å². The summed E-state index contributed by atoms with van der Waals surface area (Å²) in [5.41, 5.74) is 1.28. The first-order valence-electron chi connectivity index (χ1n) is 7.77. The van der Waals surface area contributed by atoms with E-state index in [1.54, 1.807) is 0 Å². The number of aromatic nitrogens is 2. The van der Waals surface area contributed by atoms with Gasteiger partial charge in [0.2, 0.25) is 0 Å². The van der Waals surface area contributed by atoms with Gasteiger partial charge in [-0.1, -0.05) is 0 Å². The van der Waals surface area contributed by atoms with E-state index in [0.29, 0.717) is 12.1 Å². The molecular formula is C15H28BrN5. The fourth-order valence-electron chi connectivity index (χ4n) is 3.11. The van der Waals surface area contributed by atoms with Crippen molar-refractivity contribution in [1.29, 1.82) is 0 Å². The number of nitrogens with one attached hydrogen (secondary N) is 1. The Morgan fingerprint density at radius 2 is 1.76 bits per heavy atom. The average Bonchev–Trinajstić information content (AvgIpc) is 2.70. The van der Waals surface area contributed by atoms with Crippen LogP contribution in [0, 0.1) is 6.92 Å². The molecule has 21 heavy (non-hydrogen) atoms. The van der Waals surface area contributed by atoms with E-state index < -0.39 is 0 Å². The van der Waals surface area contributed by atoms with Gasteiger partial charge in [-0.05, 0) is 43.7 Å². The van der Waals surface area contributed by atoms with Gasteiger partial charge in [-0.3, -0.25) is 9.80 Å². The van der Waals surface area contributed by atoms with Crippen LogP contribution in [0.5, 0.6) is 0 Å². The molecular weight excluding hydrogens is 330 g/mol. The zero-order chi connectivity index (χ0) is 15.6. The van der Waals surface area contributed by atoms with Crippen molar-refractivity contribution in [2.45, 2.75) is 32.9 Å². The molecule has 120 valence electrons. The Balaban J connectivity index is 2.17. The SMILES string of the molecule is CNCC(c1c(Br)nc(C)n1C)N1CCN(C(C)C)CC1. The average molecular weight is 358 g/mol. The largest absolute Gasteiger partial charge is 0.333 e. The van der Waals surface area contributed by atoms with Crippen molar-refractivity contribution in [3.8, 4) is 0 Å². The van der Waals surface area contributed by atoms with Crippen LogP contribution in [0.25, 0.3) is 0 Å². The summed E-state index contributed by atoms with van der Waals surface area (Å²) in [4.78, 5) is 9.70. The molecule has 5 nitrogen and oxygen atoms in total. The zero-order valence-electron chi connectivity index (χ0n) is 13.9. The minimum atomic E-state index is 0.366. The number of aryl methyl sites for hydroxylation is 1. The Labute approximate surface area is 136 Å². The summed E-state index contributed by atoms with van der Waals surface area (Å²) in [6, 6.07) is 1.01. The van der Waals surface area contributed by atoms with Gasteiger partial charge in [0.25, 0.3) is 0 Å². The van der Waals surface area contributed by atoms with Crippen molar-refractivity contribution < 1.29 is 0 Å². The topological polar surface area (TPSA) is 36.3 Å². The van der Waals surface area contributed by atoms with E-state index in [-0.39, 0.29) is 0 Å². The first kappa shape index (κ1) is 16.9. The van der Waals surface area contributed by atoms with Crippen LogP contribution in [-0.4, -0.2) is 65.2 Å². The van der Waals surface area contributed by atoms with Crippen molar-refractivity contribution in [2.24, 2.45) is 7.05 Å². The fourth-order valence-corrected chi connectivity index (χ4v) is 3.89. The third kappa shape index (κ3) is 3.67. The molecule has 1 aliphatic rings. The molecule has 1 unspecified atom stereocenters. The Bertz CT molecular complexity index is 463. The fraction of sp³-hybridized carbons (Fsp3) is 0.800. The van der Waals surface area contributed by atoms with E-state index in [4.69, 9.17) is 0 Å². The first-order chi connectivity index (χ1) is 9.95. The maximum atomic E-state index is 4.57. The van der Waals surface area contributed by atoms with E-state index in [9.17, 15) is 0 Å². The van der Waals surface area contributed by atoms with Crippen LogP contribution in [0.3, 0.4) is 0 Å². The van der Waals surface area contributed by atoms with Gasteiger partial charge in [-0.25, -0.2) is 4.98 Å². The normalized spacial score (nSPS) is 19.4. The van der Waals surface area contributed by atoms with Crippen LogP contribution in [0.15, 0.2) is 4.60 Å². The number of rotatable bonds is 5. The summed E-state index contributed by atoms with van der Waals surface area (Å²) in [5.74, 6) is 1.05. The molecule has 0 amide bonds. The number of nitrogens with zero attached hydrogens (tertiary/aromatic N) is 4. The molecule has 2 rings (SSSR count). The van der Waals surface area contributed by atoms with Gasteiger partial charge in [-0.15, -0.1) is 0 Å². The summed E-state index contributed by atoms with van der Waals surface area (Å²) < 4.78 is 3.19. The summed E-state index contributed by atoms with van der Waals surface area (Å²) in [6.07, 6.45) is 0. The molecule has 0 spiro atoms. The highest BCUT2D eigenvalue weighted by Gasteiger charge is 2.29. The van der Waals surface area contributed by atoms with E-state index >= 15 is 0 Å². The number of hydrogen-bond donors (Lipinski definition) is 1. The molecule has 1 atom stereocenters. The minimum Gasteiger partial charge on any atom is -0.333 e. The van der Waals surface area contributed by atoms with Gasteiger partial charge >= 0.3 is 0 Å². The number of halogens is 1. The lowest BCUT2D eigenvalue weighted by Crippen LogP contribution is -2.51. The minimum absolute atomic E-state index is 0.366. The Morgan fingerprint density at radius 1 is 1.19 bits per heavy atom. The third-order valence-electron chi connectivity index (χ3n) is 4.55. The molecule has 6 heteroatoms.